The van der Waals surface area contributed by atoms with Crippen LogP contribution in [0.5, 0.6) is 5.75 Å². The summed E-state index contributed by atoms with van der Waals surface area (Å²) in [5.41, 5.74) is 3.78. The molecule has 41 heavy (non-hydrogen) atoms. The second kappa shape index (κ2) is 11.7. The molecule has 0 saturated carbocycles. The van der Waals surface area contributed by atoms with E-state index in [4.69, 9.17) is 9.15 Å². The minimum absolute atomic E-state index is 0.0445. The van der Waals surface area contributed by atoms with Gasteiger partial charge in [-0.1, -0.05) is 49.2 Å². The first-order chi connectivity index (χ1) is 19.7. The van der Waals surface area contributed by atoms with Crippen LogP contribution in [0.4, 0.5) is 0 Å². The molecule has 5 rings (SSSR count). The zero-order valence-corrected chi connectivity index (χ0v) is 24.0. The molecule has 0 saturated heterocycles. The Balaban J connectivity index is 1.49. The number of aryl methyl sites for hydroxylation is 3. The Hall–Kier alpha value is -4.21. The fraction of sp³-hybridized carbons (Fsp3) is 0.250. The first kappa shape index (κ1) is 28.3. The zero-order valence-electron chi connectivity index (χ0n) is 23.2. The number of hydrogen-bond donors (Lipinski definition) is 2. The summed E-state index contributed by atoms with van der Waals surface area (Å²) in [5.74, 6) is -0.588. The second-order valence-corrected chi connectivity index (χ2v) is 11.9. The summed E-state index contributed by atoms with van der Waals surface area (Å²) in [6.07, 6.45) is 4.44. The summed E-state index contributed by atoms with van der Waals surface area (Å²) in [6, 6.07) is 17.7. The third kappa shape index (κ3) is 6.11. The van der Waals surface area contributed by atoms with E-state index in [0.29, 0.717) is 11.1 Å². The van der Waals surface area contributed by atoms with Crippen molar-refractivity contribution in [1.82, 2.24) is 9.71 Å². The standard InChI is InChI=1S/C32H32N2O6S/c1-4-5-8-22-18-30(35)40-31-21(3)29(16-15-26(22)31)39-32(36)28(17-23-19-33-27-10-7-6-9-25(23)27)34-41(37,38)24-13-11-20(2)12-14-24/h6-7,9-16,18-19,28,33-34H,4-5,8,17H2,1-3H3. The summed E-state index contributed by atoms with van der Waals surface area (Å²) < 4.78 is 40.5. The van der Waals surface area contributed by atoms with Gasteiger partial charge >= 0.3 is 11.6 Å². The summed E-state index contributed by atoms with van der Waals surface area (Å²) >= 11 is 0. The van der Waals surface area contributed by atoms with Gasteiger partial charge in [0.05, 0.1) is 4.90 Å². The number of unbranched alkanes of at least 4 members (excludes halogenated alkanes) is 1. The predicted octanol–water partition coefficient (Wildman–Crippen LogP) is 5.73. The number of aromatic amines is 1. The molecule has 0 aliphatic rings. The molecule has 0 fully saturated rings. The predicted molar refractivity (Wildman–Crippen MR) is 159 cm³/mol. The maximum atomic E-state index is 13.6. The Bertz CT molecular complexity index is 1890. The van der Waals surface area contributed by atoms with Crippen molar-refractivity contribution in [3.05, 3.63) is 106 Å². The molecule has 2 heterocycles. The van der Waals surface area contributed by atoms with E-state index in [1.807, 2.05) is 31.2 Å². The Kier molecular flexibility index (Phi) is 8.10. The molecule has 9 heteroatoms. The van der Waals surface area contributed by atoms with Gasteiger partial charge in [-0.2, -0.15) is 4.72 Å². The van der Waals surface area contributed by atoms with Crippen LogP contribution in [0.2, 0.25) is 0 Å². The van der Waals surface area contributed by atoms with Gasteiger partial charge in [0.15, 0.2) is 0 Å². The molecule has 2 N–H and O–H groups in total. The van der Waals surface area contributed by atoms with Crippen LogP contribution in [0.1, 0.15) is 42.0 Å². The van der Waals surface area contributed by atoms with Crippen molar-refractivity contribution in [2.75, 3.05) is 0 Å². The van der Waals surface area contributed by atoms with Gasteiger partial charge < -0.3 is 14.1 Å². The fourth-order valence-corrected chi connectivity index (χ4v) is 6.12. The van der Waals surface area contributed by atoms with E-state index in [2.05, 4.69) is 16.6 Å². The van der Waals surface area contributed by atoms with Gasteiger partial charge in [-0.15, -0.1) is 0 Å². The van der Waals surface area contributed by atoms with Gasteiger partial charge in [-0.3, -0.25) is 0 Å². The van der Waals surface area contributed by atoms with Gasteiger partial charge in [0, 0.05) is 40.5 Å². The summed E-state index contributed by atoms with van der Waals surface area (Å²) in [5, 5.41) is 1.66. The molecule has 1 atom stereocenters. The number of benzene rings is 3. The molecule has 0 spiro atoms. The number of ether oxygens (including phenoxy) is 1. The molecular weight excluding hydrogens is 540 g/mol. The Morgan fingerprint density at radius 2 is 1.76 bits per heavy atom. The van der Waals surface area contributed by atoms with E-state index in [9.17, 15) is 18.0 Å². The number of fused-ring (bicyclic) bond motifs is 2. The molecule has 0 aliphatic heterocycles. The lowest BCUT2D eigenvalue weighted by molar-refractivity contribution is -0.136. The number of carbonyl (C=O) groups excluding carboxylic acids is 1. The molecule has 0 radical (unpaired) electrons. The number of esters is 1. The van der Waals surface area contributed by atoms with Crippen molar-refractivity contribution in [2.24, 2.45) is 0 Å². The maximum absolute atomic E-state index is 13.6. The van der Waals surface area contributed by atoms with E-state index in [1.165, 1.54) is 18.2 Å². The molecule has 212 valence electrons. The van der Waals surface area contributed by atoms with Crippen LogP contribution in [0.3, 0.4) is 0 Å². The molecule has 2 aromatic heterocycles. The monoisotopic (exact) mass is 572 g/mol. The highest BCUT2D eigenvalue weighted by atomic mass is 32.2. The number of sulfonamides is 1. The molecule has 0 bridgehead atoms. The number of carbonyl (C=O) groups is 1. The van der Waals surface area contributed by atoms with E-state index in [1.54, 1.807) is 37.4 Å². The minimum atomic E-state index is -4.06. The lowest BCUT2D eigenvalue weighted by atomic mass is 10.0. The van der Waals surface area contributed by atoms with Gasteiger partial charge in [-0.05, 0) is 68.1 Å². The average molecular weight is 573 g/mol. The van der Waals surface area contributed by atoms with Crippen LogP contribution in [0.15, 0.2) is 87.0 Å². The van der Waals surface area contributed by atoms with Crippen LogP contribution in [-0.2, 0) is 27.7 Å². The lowest BCUT2D eigenvalue weighted by Crippen LogP contribution is -2.44. The van der Waals surface area contributed by atoms with Gasteiger partial charge in [0.2, 0.25) is 10.0 Å². The normalized spacial score (nSPS) is 12.6. The van der Waals surface area contributed by atoms with E-state index < -0.39 is 27.7 Å². The fourth-order valence-electron chi connectivity index (χ4n) is 4.94. The van der Waals surface area contributed by atoms with Crippen LogP contribution < -0.4 is 15.1 Å². The third-order valence-electron chi connectivity index (χ3n) is 7.22. The number of nitrogens with one attached hydrogen (secondary N) is 2. The summed E-state index contributed by atoms with van der Waals surface area (Å²) in [7, 11) is -4.06. The zero-order chi connectivity index (χ0) is 29.1. The van der Waals surface area contributed by atoms with Crippen molar-refractivity contribution in [1.29, 1.82) is 0 Å². The lowest BCUT2D eigenvalue weighted by Gasteiger charge is -2.19. The Labute approximate surface area is 238 Å². The van der Waals surface area contributed by atoms with Crippen molar-refractivity contribution >= 4 is 37.9 Å². The minimum Gasteiger partial charge on any atom is -0.425 e. The average Bonchev–Trinajstić information content (AvgIpc) is 3.36. The topological polar surface area (TPSA) is 118 Å². The molecule has 0 amide bonds. The van der Waals surface area contributed by atoms with E-state index in [-0.39, 0.29) is 17.1 Å². The van der Waals surface area contributed by atoms with Gasteiger partial charge in [-0.25, -0.2) is 18.0 Å². The first-order valence-corrected chi connectivity index (χ1v) is 15.1. The SMILES string of the molecule is CCCCc1cc(=O)oc2c(C)c(OC(=O)C(Cc3c[nH]c4ccccc34)NS(=O)(=O)c3ccc(C)cc3)ccc12. The quantitative estimate of drug-likeness (QED) is 0.125. The van der Waals surface area contributed by atoms with Crippen LogP contribution in [0, 0.1) is 13.8 Å². The highest BCUT2D eigenvalue weighted by molar-refractivity contribution is 7.89. The molecule has 0 aliphatic carbocycles. The molecule has 5 aromatic rings. The molecular formula is C32H32N2O6S. The van der Waals surface area contributed by atoms with Crippen molar-refractivity contribution in [3.63, 3.8) is 0 Å². The first-order valence-electron chi connectivity index (χ1n) is 13.6. The third-order valence-corrected chi connectivity index (χ3v) is 8.71. The van der Waals surface area contributed by atoms with Crippen LogP contribution in [0.25, 0.3) is 21.9 Å². The number of hydrogen-bond acceptors (Lipinski definition) is 6. The van der Waals surface area contributed by atoms with Crippen LogP contribution >= 0.6 is 0 Å². The van der Waals surface area contributed by atoms with Gasteiger partial charge in [0.1, 0.15) is 17.4 Å². The molecule has 1 unspecified atom stereocenters. The van der Waals surface area contributed by atoms with Crippen LogP contribution in [-0.4, -0.2) is 25.4 Å². The summed E-state index contributed by atoms with van der Waals surface area (Å²) in [4.78, 5) is 29.2. The Morgan fingerprint density at radius 3 is 2.51 bits per heavy atom. The van der Waals surface area contributed by atoms with E-state index >= 15 is 0 Å². The highest BCUT2D eigenvalue weighted by Crippen LogP contribution is 2.30. The number of para-hydroxylation sites is 1. The summed E-state index contributed by atoms with van der Waals surface area (Å²) in [6.45, 7) is 5.65. The molecule has 8 nitrogen and oxygen atoms in total. The van der Waals surface area contributed by atoms with Gasteiger partial charge in [0.25, 0.3) is 0 Å². The maximum Gasteiger partial charge on any atom is 0.336 e. The van der Waals surface area contributed by atoms with E-state index in [0.717, 1.165) is 52.2 Å². The Morgan fingerprint density at radius 1 is 1.00 bits per heavy atom. The second-order valence-electron chi connectivity index (χ2n) is 10.2. The molecule has 3 aromatic carbocycles. The largest absolute Gasteiger partial charge is 0.425 e. The van der Waals surface area contributed by atoms with Crippen molar-refractivity contribution in [3.8, 4) is 5.75 Å². The number of aromatic nitrogens is 1. The smallest absolute Gasteiger partial charge is 0.336 e. The van der Waals surface area contributed by atoms with Crippen molar-refractivity contribution < 1.29 is 22.4 Å². The highest BCUT2D eigenvalue weighted by Gasteiger charge is 2.29. The van der Waals surface area contributed by atoms with Crippen molar-refractivity contribution in [2.45, 2.75) is 57.4 Å². The number of rotatable bonds is 10. The number of H-pyrrole nitrogens is 1.